The van der Waals surface area contributed by atoms with Gasteiger partial charge in [0.2, 0.25) is 10.0 Å². The van der Waals surface area contributed by atoms with Gasteiger partial charge in [0.15, 0.2) is 0 Å². The van der Waals surface area contributed by atoms with Crippen LogP contribution < -0.4 is 5.32 Å². The molecule has 0 unspecified atom stereocenters. The third-order valence-electron chi connectivity index (χ3n) is 2.69. The lowest BCUT2D eigenvalue weighted by molar-refractivity contribution is 0.237. The first kappa shape index (κ1) is 12.9. The Morgan fingerprint density at radius 3 is 2.13 bits per heavy atom. The highest BCUT2D eigenvalue weighted by Gasteiger charge is 2.40. The van der Waals surface area contributed by atoms with E-state index in [-0.39, 0.29) is 6.04 Å². The largest absolute Gasteiger partial charge is 0.313 e. The second kappa shape index (κ2) is 4.39. The fraction of sp³-hybridized carbons (Fsp3) is 1.00. The van der Waals surface area contributed by atoms with E-state index in [1.54, 1.807) is 25.1 Å². The lowest BCUT2D eigenvalue weighted by atomic mass is 10.2. The Morgan fingerprint density at radius 2 is 1.87 bits per heavy atom. The topological polar surface area (TPSA) is 49.4 Å². The minimum absolute atomic E-state index is 0.161. The van der Waals surface area contributed by atoms with Crippen molar-refractivity contribution in [1.82, 2.24) is 9.62 Å². The van der Waals surface area contributed by atoms with Crippen molar-refractivity contribution in [2.45, 2.75) is 44.9 Å². The maximum atomic E-state index is 12.3. The van der Waals surface area contributed by atoms with Crippen molar-refractivity contribution < 1.29 is 8.42 Å². The number of sulfonamides is 1. The van der Waals surface area contributed by atoms with Gasteiger partial charge in [-0.1, -0.05) is 6.92 Å². The van der Waals surface area contributed by atoms with Crippen molar-refractivity contribution in [2.75, 3.05) is 19.6 Å². The standard InChI is InChI=1S/C10H22N2O2S/c1-5-6-12(9-7-11-8-9)15(13,14)10(2,3)4/h9,11H,5-8H2,1-4H3. The van der Waals surface area contributed by atoms with Gasteiger partial charge >= 0.3 is 0 Å². The Morgan fingerprint density at radius 1 is 1.33 bits per heavy atom. The maximum absolute atomic E-state index is 12.3. The van der Waals surface area contributed by atoms with Gasteiger partial charge < -0.3 is 5.32 Å². The van der Waals surface area contributed by atoms with Crippen molar-refractivity contribution in [1.29, 1.82) is 0 Å². The molecule has 1 fully saturated rings. The number of rotatable bonds is 4. The van der Waals surface area contributed by atoms with Gasteiger partial charge in [-0.3, -0.25) is 0 Å². The van der Waals surface area contributed by atoms with Crippen LogP contribution in [0.5, 0.6) is 0 Å². The van der Waals surface area contributed by atoms with Gasteiger partial charge in [-0.2, -0.15) is 4.31 Å². The van der Waals surface area contributed by atoms with Crippen LogP contribution in [0.3, 0.4) is 0 Å². The third-order valence-corrected chi connectivity index (χ3v) is 5.34. The van der Waals surface area contributed by atoms with Gasteiger partial charge in [0.25, 0.3) is 0 Å². The van der Waals surface area contributed by atoms with Gasteiger partial charge in [-0.25, -0.2) is 8.42 Å². The summed E-state index contributed by atoms with van der Waals surface area (Å²) in [7, 11) is -3.17. The smallest absolute Gasteiger partial charge is 0.219 e. The van der Waals surface area contributed by atoms with E-state index in [0.717, 1.165) is 19.5 Å². The zero-order chi connectivity index (χ0) is 11.7. The SMILES string of the molecule is CCCN(C1CNC1)S(=O)(=O)C(C)(C)C. The van der Waals surface area contributed by atoms with E-state index in [4.69, 9.17) is 0 Å². The van der Waals surface area contributed by atoms with Gasteiger partial charge in [-0.15, -0.1) is 0 Å². The molecule has 0 spiro atoms. The van der Waals surface area contributed by atoms with E-state index in [1.807, 2.05) is 6.92 Å². The molecule has 5 heteroatoms. The van der Waals surface area contributed by atoms with E-state index in [1.165, 1.54) is 0 Å². The molecule has 0 bridgehead atoms. The molecule has 1 saturated heterocycles. The predicted octanol–water partition coefficient (Wildman–Crippen LogP) is 0.798. The Hall–Kier alpha value is -0.130. The summed E-state index contributed by atoms with van der Waals surface area (Å²) in [5.74, 6) is 0. The first-order valence-corrected chi connectivity index (χ1v) is 6.97. The van der Waals surface area contributed by atoms with Crippen LogP contribution in [0.15, 0.2) is 0 Å². The molecule has 0 amide bonds. The number of hydrogen-bond donors (Lipinski definition) is 1. The maximum Gasteiger partial charge on any atom is 0.219 e. The Kier molecular flexibility index (Phi) is 3.79. The average molecular weight is 234 g/mol. The summed E-state index contributed by atoms with van der Waals surface area (Å²) in [5.41, 5.74) is 0. The highest BCUT2D eigenvalue weighted by atomic mass is 32.2. The van der Waals surface area contributed by atoms with Crippen LogP contribution in [0.25, 0.3) is 0 Å². The molecular formula is C10H22N2O2S. The molecule has 90 valence electrons. The average Bonchev–Trinajstić information content (AvgIpc) is 1.98. The van der Waals surface area contributed by atoms with Gasteiger partial charge in [0.05, 0.1) is 4.75 Å². The minimum Gasteiger partial charge on any atom is -0.313 e. The van der Waals surface area contributed by atoms with E-state index < -0.39 is 14.8 Å². The van der Waals surface area contributed by atoms with Gasteiger partial charge in [0.1, 0.15) is 0 Å². The van der Waals surface area contributed by atoms with Crippen LogP contribution >= 0.6 is 0 Å². The Labute approximate surface area is 93.1 Å². The zero-order valence-electron chi connectivity index (χ0n) is 10.1. The molecule has 15 heavy (non-hydrogen) atoms. The van der Waals surface area contributed by atoms with E-state index in [9.17, 15) is 8.42 Å². The Balaban J connectivity index is 2.88. The summed E-state index contributed by atoms with van der Waals surface area (Å²) in [4.78, 5) is 0. The van der Waals surface area contributed by atoms with Crippen LogP contribution in [0.1, 0.15) is 34.1 Å². The fourth-order valence-corrected chi connectivity index (χ4v) is 3.22. The summed E-state index contributed by atoms with van der Waals surface area (Å²) in [6.07, 6.45) is 0.867. The molecule has 1 rings (SSSR count). The van der Waals surface area contributed by atoms with Crippen molar-refractivity contribution in [3.05, 3.63) is 0 Å². The van der Waals surface area contributed by atoms with Crippen LogP contribution in [-0.2, 0) is 10.0 Å². The lowest BCUT2D eigenvalue weighted by Crippen LogP contribution is -2.61. The molecule has 0 aromatic heterocycles. The van der Waals surface area contributed by atoms with Crippen LogP contribution in [0, 0.1) is 0 Å². The van der Waals surface area contributed by atoms with E-state index >= 15 is 0 Å². The van der Waals surface area contributed by atoms with Crippen molar-refractivity contribution in [2.24, 2.45) is 0 Å². The number of nitrogens with one attached hydrogen (secondary N) is 1. The molecule has 1 aliphatic rings. The molecule has 0 aromatic rings. The predicted molar refractivity (Wildman–Crippen MR) is 62.3 cm³/mol. The fourth-order valence-electron chi connectivity index (χ4n) is 1.55. The molecule has 0 aromatic carbocycles. The van der Waals surface area contributed by atoms with Crippen molar-refractivity contribution >= 4 is 10.0 Å². The highest BCUT2D eigenvalue weighted by Crippen LogP contribution is 2.23. The van der Waals surface area contributed by atoms with E-state index in [2.05, 4.69) is 5.32 Å². The van der Waals surface area contributed by atoms with Crippen LogP contribution in [-0.4, -0.2) is 43.1 Å². The van der Waals surface area contributed by atoms with Gasteiger partial charge in [0, 0.05) is 25.7 Å². The summed E-state index contributed by atoms with van der Waals surface area (Å²) in [5, 5.41) is 3.12. The molecule has 0 saturated carbocycles. The summed E-state index contributed by atoms with van der Waals surface area (Å²) in [6, 6.07) is 0.161. The minimum atomic E-state index is -3.17. The monoisotopic (exact) mass is 234 g/mol. The number of hydrogen-bond acceptors (Lipinski definition) is 3. The molecular weight excluding hydrogens is 212 g/mol. The lowest BCUT2D eigenvalue weighted by Gasteiger charge is -2.40. The van der Waals surface area contributed by atoms with E-state index in [0.29, 0.717) is 6.54 Å². The van der Waals surface area contributed by atoms with Crippen molar-refractivity contribution in [3.63, 3.8) is 0 Å². The van der Waals surface area contributed by atoms with Crippen molar-refractivity contribution in [3.8, 4) is 0 Å². The van der Waals surface area contributed by atoms with Crippen LogP contribution in [0.4, 0.5) is 0 Å². The summed E-state index contributed by atoms with van der Waals surface area (Å²) >= 11 is 0. The molecule has 0 aliphatic carbocycles. The van der Waals surface area contributed by atoms with Crippen LogP contribution in [0.2, 0.25) is 0 Å². The second-order valence-corrected chi connectivity index (χ2v) is 7.68. The third kappa shape index (κ3) is 2.52. The molecule has 4 nitrogen and oxygen atoms in total. The normalized spacial score (nSPS) is 19.3. The molecule has 0 radical (unpaired) electrons. The zero-order valence-corrected chi connectivity index (χ0v) is 10.9. The molecule has 1 heterocycles. The highest BCUT2D eigenvalue weighted by molar-refractivity contribution is 7.90. The summed E-state index contributed by atoms with van der Waals surface area (Å²) in [6.45, 7) is 9.50. The second-order valence-electron chi connectivity index (χ2n) is 5.04. The quantitative estimate of drug-likeness (QED) is 0.783. The first-order chi connectivity index (χ1) is 6.80. The Bertz CT molecular complexity index is 302. The molecule has 1 N–H and O–H groups in total. The number of nitrogens with zero attached hydrogens (tertiary/aromatic N) is 1. The van der Waals surface area contributed by atoms with Gasteiger partial charge in [-0.05, 0) is 27.2 Å². The summed E-state index contributed by atoms with van der Waals surface area (Å²) < 4.78 is 25.5. The molecule has 0 atom stereocenters. The first-order valence-electron chi connectivity index (χ1n) is 5.53. The molecule has 1 aliphatic heterocycles.